The van der Waals surface area contributed by atoms with E-state index in [1.165, 1.54) is 5.56 Å². The molecule has 0 amide bonds. The van der Waals surface area contributed by atoms with E-state index in [0.717, 1.165) is 25.9 Å². The highest BCUT2D eigenvalue weighted by molar-refractivity contribution is 5.29. The van der Waals surface area contributed by atoms with Crippen molar-refractivity contribution in [1.29, 1.82) is 0 Å². The molecular formula is C18H31FN2. The number of rotatable bonds is 8. The van der Waals surface area contributed by atoms with Crippen molar-refractivity contribution in [1.82, 2.24) is 10.2 Å². The van der Waals surface area contributed by atoms with Crippen LogP contribution in [0.3, 0.4) is 0 Å². The Morgan fingerprint density at radius 3 is 2.10 bits per heavy atom. The van der Waals surface area contributed by atoms with Crippen LogP contribution in [0.25, 0.3) is 0 Å². The molecule has 21 heavy (non-hydrogen) atoms. The molecule has 0 aliphatic carbocycles. The highest BCUT2D eigenvalue weighted by Crippen LogP contribution is 2.37. The summed E-state index contributed by atoms with van der Waals surface area (Å²) in [5, 5.41) is 3.49. The summed E-state index contributed by atoms with van der Waals surface area (Å²) < 4.78 is 13.6. The molecule has 0 bridgehead atoms. The third kappa shape index (κ3) is 3.46. The zero-order valence-corrected chi connectivity index (χ0v) is 14.5. The first-order chi connectivity index (χ1) is 10.00. The van der Waals surface area contributed by atoms with Crippen LogP contribution in [0.4, 0.5) is 4.39 Å². The van der Waals surface area contributed by atoms with Crippen LogP contribution in [-0.4, -0.2) is 30.6 Å². The molecule has 0 fully saturated rings. The summed E-state index contributed by atoms with van der Waals surface area (Å²) in [6.07, 6.45) is 2.13. The molecule has 0 spiro atoms. The van der Waals surface area contributed by atoms with Gasteiger partial charge in [0.05, 0.1) is 6.04 Å². The molecule has 1 rings (SSSR count). The lowest BCUT2D eigenvalue weighted by Gasteiger charge is -2.48. The summed E-state index contributed by atoms with van der Waals surface area (Å²) in [5.41, 5.74) is 1.95. The van der Waals surface area contributed by atoms with E-state index in [1.807, 2.05) is 26.1 Å². The molecule has 1 N–H and O–H groups in total. The molecule has 0 heterocycles. The maximum Gasteiger partial charge on any atom is 0.126 e. The molecule has 0 aliphatic heterocycles. The summed E-state index contributed by atoms with van der Waals surface area (Å²) in [7, 11) is 2.01. The number of nitrogens with zero attached hydrogens (tertiary/aromatic N) is 1. The van der Waals surface area contributed by atoms with Crippen LogP contribution in [0, 0.1) is 12.7 Å². The summed E-state index contributed by atoms with van der Waals surface area (Å²) in [5.74, 6) is -0.130. The Labute approximate surface area is 129 Å². The van der Waals surface area contributed by atoms with E-state index in [2.05, 4.69) is 37.9 Å². The van der Waals surface area contributed by atoms with Crippen LogP contribution >= 0.6 is 0 Å². The average molecular weight is 294 g/mol. The quantitative estimate of drug-likeness (QED) is 0.769. The monoisotopic (exact) mass is 294 g/mol. The number of hydrogen-bond donors (Lipinski definition) is 1. The van der Waals surface area contributed by atoms with E-state index in [-0.39, 0.29) is 17.4 Å². The molecule has 0 aliphatic rings. The number of nitrogens with one attached hydrogen (secondary N) is 1. The van der Waals surface area contributed by atoms with Gasteiger partial charge in [0, 0.05) is 5.54 Å². The Morgan fingerprint density at radius 1 is 1.14 bits per heavy atom. The van der Waals surface area contributed by atoms with Crippen molar-refractivity contribution in [3.63, 3.8) is 0 Å². The van der Waals surface area contributed by atoms with Gasteiger partial charge in [-0.25, -0.2) is 4.39 Å². The van der Waals surface area contributed by atoms with Crippen LogP contribution in [-0.2, 0) is 0 Å². The smallest absolute Gasteiger partial charge is 0.126 e. The van der Waals surface area contributed by atoms with Crippen LogP contribution in [0.1, 0.15) is 57.7 Å². The van der Waals surface area contributed by atoms with Gasteiger partial charge in [-0.2, -0.15) is 0 Å². The standard InChI is InChI=1S/C18H31FN2/c1-7-18(8-2,21(9-3)10-4)17(20-6)15-11-12-16(19)14(5)13-15/h11-13,17,20H,7-10H2,1-6H3. The number of halogens is 1. The lowest BCUT2D eigenvalue weighted by Crippen LogP contribution is -2.55. The Kier molecular flexibility index (Phi) is 6.82. The summed E-state index contributed by atoms with van der Waals surface area (Å²) in [6, 6.07) is 5.70. The number of hydrogen-bond acceptors (Lipinski definition) is 2. The molecule has 0 radical (unpaired) electrons. The number of aryl methyl sites for hydroxylation is 1. The van der Waals surface area contributed by atoms with Gasteiger partial charge in [0.15, 0.2) is 0 Å². The maximum atomic E-state index is 13.6. The molecule has 1 unspecified atom stereocenters. The Morgan fingerprint density at radius 2 is 1.71 bits per heavy atom. The second-order valence-electron chi connectivity index (χ2n) is 5.71. The fraction of sp³-hybridized carbons (Fsp3) is 0.667. The molecule has 0 saturated carbocycles. The first kappa shape index (κ1) is 18.1. The van der Waals surface area contributed by atoms with Gasteiger partial charge in [-0.05, 0) is 57.1 Å². The fourth-order valence-electron chi connectivity index (χ4n) is 3.73. The molecule has 1 atom stereocenters. The van der Waals surface area contributed by atoms with Crippen LogP contribution in [0.15, 0.2) is 18.2 Å². The fourth-order valence-corrected chi connectivity index (χ4v) is 3.73. The molecule has 120 valence electrons. The van der Waals surface area contributed by atoms with E-state index < -0.39 is 0 Å². The van der Waals surface area contributed by atoms with Crippen LogP contribution in [0.5, 0.6) is 0 Å². The van der Waals surface area contributed by atoms with Gasteiger partial charge >= 0.3 is 0 Å². The van der Waals surface area contributed by atoms with Gasteiger partial charge < -0.3 is 5.32 Å². The van der Waals surface area contributed by atoms with Crippen LogP contribution < -0.4 is 5.32 Å². The minimum Gasteiger partial charge on any atom is -0.311 e. The first-order valence-corrected chi connectivity index (χ1v) is 8.18. The maximum absolute atomic E-state index is 13.6. The van der Waals surface area contributed by atoms with E-state index in [0.29, 0.717) is 5.56 Å². The van der Waals surface area contributed by atoms with Crippen molar-refractivity contribution in [3.05, 3.63) is 35.1 Å². The highest BCUT2D eigenvalue weighted by atomic mass is 19.1. The highest BCUT2D eigenvalue weighted by Gasteiger charge is 2.40. The predicted octanol–water partition coefficient (Wildman–Crippen LogP) is 4.30. The van der Waals surface area contributed by atoms with Gasteiger partial charge in [-0.1, -0.05) is 39.8 Å². The van der Waals surface area contributed by atoms with Crippen molar-refractivity contribution >= 4 is 0 Å². The van der Waals surface area contributed by atoms with Gasteiger partial charge in [0.2, 0.25) is 0 Å². The first-order valence-electron chi connectivity index (χ1n) is 8.18. The third-order valence-corrected chi connectivity index (χ3v) is 4.96. The zero-order valence-electron chi connectivity index (χ0n) is 14.5. The molecule has 0 aromatic heterocycles. The molecule has 2 nitrogen and oxygen atoms in total. The van der Waals surface area contributed by atoms with E-state index in [9.17, 15) is 4.39 Å². The lowest BCUT2D eigenvalue weighted by atomic mass is 9.78. The summed E-state index contributed by atoms with van der Waals surface area (Å²) in [6.45, 7) is 12.8. The second-order valence-corrected chi connectivity index (χ2v) is 5.71. The zero-order chi connectivity index (χ0) is 16.0. The van der Waals surface area contributed by atoms with E-state index in [4.69, 9.17) is 0 Å². The van der Waals surface area contributed by atoms with Crippen molar-refractivity contribution in [3.8, 4) is 0 Å². The van der Waals surface area contributed by atoms with Crippen molar-refractivity contribution in [2.75, 3.05) is 20.1 Å². The molecule has 1 aromatic rings. The van der Waals surface area contributed by atoms with Crippen molar-refractivity contribution < 1.29 is 4.39 Å². The average Bonchev–Trinajstić information content (AvgIpc) is 2.50. The third-order valence-electron chi connectivity index (χ3n) is 4.96. The summed E-state index contributed by atoms with van der Waals surface area (Å²) >= 11 is 0. The normalized spacial score (nSPS) is 13.7. The van der Waals surface area contributed by atoms with Gasteiger partial charge in [0.25, 0.3) is 0 Å². The van der Waals surface area contributed by atoms with Gasteiger partial charge in [-0.15, -0.1) is 0 Å². The second kappa shape index (κ2) is 7.90. The molecule has 0 saturated heterocycles. The number of likely N-dealkylation sites (N-methyl/N-ethyl adjacent to an activating group) is 2. The van der Waals surface area contributed by atoms with Crippen molar-refractivity contribution in [2.24, 2.45) is 0 Å². The van der Waals surface area contributed by atoms with E-state index in [1.54, 1.807) is 6.07 Å². The minimum absolute atomic E-state index is 0.0581. The Balaban J connectivity index is 3.33. The topological polar surface area (TPSA) is 15.3 Å². The van der Waals surface area contributed by atoms with Gasteiger partial charge in [0.1, 0.15) is 5.82 Å². The lowest BCUT2D eigenvalue weighted by molar-refractivity contribution is 0.0514. The molecule has 3 heteroatoms. The summed E-state index contributed by atoms with van der Waals surface area (Å²) in [4.78, 5) is 2.53. The number of benzene rings is 1. The Bertz CT molecular complexity index is 437. The minimum atomic E-state index is -0.130. The SMILES string of the molecule is CCN(CC)C(CC)(CC)C(NC)c1ccc(F)c(C)c1. The molecule has 1 aromatic carbocycles. The van der Waals surface area contributed by atoms with E-state index >= 15 is 0 Å². The predicted molar refractivity (Wildman–Crippen MR) is 89.2 cm³/mol. The van der Waals surface area contributed by atoms with Gasteiger partial charge in [-0.3, -0.25) is 4.90 Å². The van der Waals surface area contributed by atoms with Crippen molar-refractivity contribution in [2.45, 2.75) is 59.0 Å². The largest absolute Gasteiger partial charge is 0.311 e. The van der Waals surface area contributed by atoms with Crippen LogP contribution in [0.2, 0.25) is 0 Å². The Hall–Kier alpha value is -0.930. The molecular weight excluding hydrogens is 263 g/mol.